The Bertz CT molecular complexity index is 1070. The fourth-order valence-corrected chi connectivity index (χ4v) is 2.66. The lowest BCUT2D eigenvalue weighted by molar-refractivity contribution is 0.428. The van der Waals surface area contributed by atoms with Crippen LogP contribution in [-0.4, -0.2) is 0 Å². The lowest BCUT2D eigenvalue weighted by Crippen LogP contribution is -2.10. The molecule has 0 unspecified atom stereocenters. The molecule has 0 nitrogen and oxygen atoms in total. The third-order valence-corrected chi connectivity index (χ3v) is 3.99. The summed E-state index contributed by atoms with van der Waals surface area (Å²) in [5, 5.41) is 0. The molecule has 0 bridgehead atoms. The lowest BCUT2D eigenvalue weighted by Gasteiger charge is -2.15. The van der Waals surface area contributed by atoms with E-state index in [4.69, 9.17) is 0 Å². The van der Waals surface area contributed by atoms with Crippen LogP contribution in [0.5, 0.6) is 0 Å². The van der Waals surface area contributed by atoms with Crippen LogP contribution >= 0.6 is 0 Å². The second kappa shape index (κ2) is 7.26. The van der Waals surface area contributed by atoms with Crippen LogP contribution in [0.15, 0.2) is 12.1 Å². The van der Waals surface area contributed by atoms with Crippen LogP contribution < -0.4 is 0 Å². The molecule has 3 rings (SSSR count). The fourth-order valence-electron chi connectivity index (χ4n) is 2.66. The number of rotatable bonds is 2. The molecule has 0 N–H and O–H groups in total. The molecule has 0 aliphatic carbocycles. The molecule has 0 saturated heterocycles. The molecule has 0 aliphatic heterocycles. The zero-order valence-electron chi connectivity index (χ0n) is 13.7. The van der Waals surface area contributed by atoms with Crippen molar-refractivity contribution in [2.45, 2.75) is 0 Å². The minimum Gasteiger partial charge on any atom is -0.205 e. The second-order valence-corrected chi connectivity index (χ2v) is 5.69. The van der Waals surface area contributed by atoms with E-state index in [1.165, 1.54) is 0 Å². The van der Waals surface area contributed by atoms with Gasteiger partial charge in [0.1, 0.15) is 5.82 Å². The van der Waals surface area contributed by atoms with E-state index in [-0.39, 0.29) is 12.1 Å². The maximum Gasteiger partial charge on any atom is 0.195 e. The normalized spacial score (nSPS) is 11.3. The Morgan fingerprint density at radius 3 is 0.767 bits per heavy atom. The van der Waals surface area contributed by atoms with Gasteiger partial charge in [0, 0.05) is 12.1 Å². The van der Waals surface area contributed by atoms with Gasteiger partial charge in [-0.25, -0.2) is 52.7 Å². The highest BCUT2D eigenvalue weighted by atomic mass is 19.2. The van der Waals surface area contributed by atoms with Crippen LogP contribution in [0.4, 0.5) is 52.7 Å². The molecular formula is C18H2F12. The Balaban J connectivity index is 2.57. The minimum absolute atomic E-state index is 0.383. The molecule has 0 spiro atoms. The minimum atomic E-state index is -2.81. The van der Waals surface area contributed by atoms with E-state index in [1.807, 2.05) is 0 Å². The van der Waals surface area contributed by atoms with Crippen LogP contribution in [-0.2, 0) is 0 Å². The van der Waals surface area contributed by atoms with Crippen molar-refractivity contribution in [2.24, 2.45) is 0 Å². The molecule has 0 aliphatic rings. The molecule has 0 atom stereocenters. The average Bonchev–Trinajstić information content (AvgIpc) is 2.68. The van der Waals surface area contributed by atoms with Gasteiger partial charge in [0.2, 0.25) is 0 Å². The van der Waals surface area contributed by atoms with E-state index in [0.717, 1.165) is 0 Å². The largest absolute Gasteiger partial charge is 0.205 e. The van der Waals surface area contributed by atoms with Gasteiger partial charge in [-0.1, -0.05) is 0 Å². The van der Waals surface area contributed by atoms with E-state index in [0.29, 0.717) is 0 Å². The molecule has 0 saturated carbocycles. The summed E-state index contributed by atoms with van der Waals surface area (Å²) < 4.78 is 166. The van der Waals surface area contributed by atoms with Crippen LogP contribution in [0.25, 0.3) is 22.3 Å². The summed E-state index contributed by atoms with van der Waals surface area (Å²) in [5.41, 5.74) is -9.11. The van der Waals surface area contributed by atoms with E-state index in [2.05, 4.69) is 0 Å². The smallest absolute Gasteiger partial charge is 0.195 e. The summed E-state index contributed by atoms with van der Waals surface area (Å²) >= 11 is 0. The Kier molecular flexibility index (Phi) is 5.21. The van der Waals surface area contributed by atoms with Crippen LogP contribution in [0.2, 0.25) is 0 Å². The summed E-state index contributed by atoms with van der Waals surface area (Å²) in [4.78, 5) is 0. The predicted octanol–water partition coefficient (Wildman–Crippen LogP) is 6.69. The first-order chi connectivity index (χ1) is 13.9. The SMILES string of the molecule is Fc1cc(F)c(F)c(-c2c(F)c(F)c(F)c(-c3c(F)c(F)cc(F)c3F)c2F)c1F. The molecule has 0 fully saturated rings. The van der Waals surface area contributed by atoms with Crippen molar-refractivity contribution in [1.29, 1.82) is 0 Å². The van der Waals surface area contributed by atoms with Gasteiger partial charge in [0.15, 0.2) is 64.0 Å². The number of benzene rings is 3. The van der Waals surface area contributed by atoms with Crippen molar-refractivity contribution in [3.8, 4) is 22.3 Å². The molecule has 3 aromatic rings. The van der Waals surface area contributed by atoms with Gasteiger partial charge in [-0.05, 0) is 0 Å². The van der Waals surface area contributed by atoms with E-state index < -0.39 is 92.1 Å². The molecule has 0 amide bonds. The highest BCUT2D eigenvalue weighted by Gasteiger charge is 2.35. The Hall–Kier alpha value is -3.18. The molecule has 3 aromatic carbocycles. The zero-order valence-corrected chi connectivity index (χ0v) is 13.7. The molecule has 0 radical (unpaired) electrons. The van der Waals surface area contributed by atoms with Crippen molar-refractivity contribution < 1.29 is 52.7 Å². The molecular weight excluding hydrogens is 444 g/mol. The van der Waals surface area contributed by atoms with Crippen LogP contribution in [0.3, 0.4) is 0 Å². The number of hydrogen-bond donors (Lipinski definition) is 0. The van der Waals surface area contributed by atoms with Gasteiger partial charge in [0.05, 0.1) is 22.3 Å². The van der Waals surface area contributed by atoms with Crippen LogP contribution in [0, 0.1) is 69.8 Å². The van der Waals surface area contributed by atoms with Gasteiger partial charge in [0.25, 0.3) is 0 Å². The first-order valence-corrected chi connectivity index (χ1v) is 7.42. The monoisotopic (exact) mass is 446 g/mol. The van der Waals surface area contributed by atoms with E-state index in [9.17, 15) is 52.7 Å². The number of halogens is 12. The van der Waals surface area contributed by atoms with Crippen molar-refractivity contribution in [3.63, 3.8) is 0 Å². The molecule has 0 aromatic heterocycles. The predicted molar refractivity (Wildman–Crippen MR) is 76.8 cm³/mol. The first kappa shape index (κ1) is 21.5. The molecule has 30 heavy (non-hydrogen) atoms. The average molecular weight is 446 g/mol. The maximum absolute atomic E-state index is 14.8. The zero-order chi connectivity index (χ0) is 22.7. The summed E-state index contributed by atoms with van der Waals surface area (Å²) in [5.74, 6) is -29.8. The summed E-state index contributed by atoms with van der Waals surface area (Å²) in [6.45, 7) is 0. The quantitative estimate of drug-likeness (QED) is 0.234. The fraction of sp³-hybridized carbons (Fsp3) is 0. The molecule has 12 heteroatoms. The third-order valence-electron chi connectivity index (χ3n) is 3.99. The van der Waals surface area contributed by atoms with E-state index in [1.54, 1.807) is 0 Å². The standard InChI is InChI=1S/C18H2F12/c19-3-1-4(20)12(24)7(11(3)23)9-15(27)10(17(29)18(30)16(9)28)8-13(25)5(21)2-6(22)14(8)26/h1-2H. The Morgan fingerprint density at radius 2 is 0.500 bits per heavy atom. The second-order valence-electron chi connectivity index (χ2n) is 5.69. The first-order valence-electron chi connectivity index (χ1n) is 7.42. The summed E-state index contributed by atoms with van der Waals surface area (Å²) in [7, 11) is 0. The molecule has 0 heterocycles. The highest BCUT2D eigenvalue weighted by Crippen LogP contribution is 2.42. The van der Waals surface area contributed by atoms with Gasteiger partial charge in [-0.15, -0.1) is 0 Å². The third kappa shape index (κ3) is 2.97. The topological polar surface area (TPSA) is 0 Å². The summed E-state index contributed by atoms with van der Waals surface area (Å²) in [6.07, 6.45) is 0. The van der Waals surface area contributed by atoms with Crippen molar-refractivity contribution in [1.82, 2.24) is 0 Å². The van der Waals surface area contributed by atoms with Gasteiger partial charge in [-0.3, -0.25) is 0 Å². The Morgan fingerprint density at radius 1 is 0.267 bits per heavy atom. The maximum atomic E-state index is 14.8. The van der Waals surface area contributed by atoms with E-state index >= 15 is 0 Å². The molecule has 158 valence electrons. The lowest BCUT2D eigenvalue weighted by atomic mass is 9.94. The summed E-state index contributed by atoms with van der Waals surface area (Å²) in [6, 6.07) is -0.766. The van der Waals surface area contributed by atoms with Crippen LogP contribution in [0.1, 0.15) is 0 Å². The van der Waals surface area contributed by atoms with Crippen molar-refractivity contribution >= 4 is 0 Å². The van der Waals surface area contributed by atoms with Crippen molar-refractivity contribution in [2.75, 3.05) is 0 Å². The highest BCUT2D eigenvalue weighted by molar-refractivity contribution is 5.77. The Labute approximate surface area is 158 Å². The van der Waals surface area contributed by atoms with Crippen molar-refractivity contribution in [3.05, 3.63) is 81.9 Å². The van der Waals surface area contributed by atoms with Gasteiger partial charge >= 0.3 is 0 Å². The van der Waals surface area contributed by atoms with Gasteiger partial charge in [-0.2, -0.15) is 0 Å². The number of hydrogen-bond acceptors (Lipinski definition) is 0. The van der Waals surface area contributed by atoms with Gasteiger partial charge < -0.3 is 0 Å².